The number of halogens is 2. The van der Waals surface area contributed by atoms with Crippen LogP contribution in [0.3, 0.4) is 0 Å². The first kappa shape index (κ1) is 18.6. The van der Waals surface area contributed by atoms with Gasteiger partial charge in [0.1, 0.15) is 11.5 Å². The number of rotatable bonds is 6. The van der Waals surface area contributed by atoms with E-state index in [4.69, 9.17) is 9.47 Å². The number of hydrogen-bond acceptors (Lipinski definition) is 7. The molecule has 0 amide bonds. The molecule has 0 saturated heterocycles. The van der Waals surface area contributed by atoms with E-state index in [-0.39, 0.29) is 36.3 Å². The van der Waals surface area contributed by atoms with E-state index >= 15 is 0 Å². The predicted molar refractivity (Wildman–Crippen MR) is 95.3 cm³/mol. The number of nitriles is 1. The minimum atomic E-state index is -2.68. The van der Waals surface area contributed by atoms with E-state index in [2.05, 4.69) is 15.1 Å². The molecule has 1 saturated carbocycles. The van der Waals surface area contributed by atoms with Crippen LogP contribution in [0.4, 0.5) is 8.78 Å². The van der Waals surface area contributed by atoms with E-state index in [1.54, 1.807) is 19.1 Å². The first-order valence-corrected chi connectivity index (χ1v) is 8.66. The quantitative estimate of drug-likeness (QED) is 0.677. The van der Waals surface area contributed by atoms with Gasteiger partial charge in [-0.1, -0.05) is 0 Å². The van der Waals surface area contributed by atoms with Crippen LogP contribution in [0.25, 0.3) is 5.69 Å². The van der Waals surface area contributed by atoms with Gasteiger partial charge in [-0.25, -0.2) is 13.5 Å². The van der Waals surface area contributed by atoms with Gasteiger partial charge in [0.25, 0.3) is 5.92 Å². The smallest absolute Gasteiger partial charge is 0.255 e. The Morgan fingerprint density at radius 1 is 1.31 bits per heavy atom. The zero-order chi connectivity index (χ0) is 20.6. The summed E-state index contributed by atoms with van der Waals surface area (Å²) in [5.41, 5.74) is 0.805. The van der Waals surface area contributed by atoms with Gasteiger partial charge < -0.3 is 14.6 Å². The van der Waals surface area contributed by atoms with Crippen molar-refractivity contribution >= 4 is 0 Å². The number of aromatic hydroxyl groups is 1. The number of alkyl halides is 2. The summed E-state index contributed by atoms with van der Waals surface area (Å²) in [4.78, 5) is 8.25. The van der Waals surface area contributed by atoms with Gasteiger partial charge in [-0.3, -0.25) is 0 Å². The van der Waals surface area contributed by atoms with Crippen molar-refractivity contribution in [1.29, 1.82) is 5.26 Å². The van der Waals surface area contributed by atoms with Crippen molar-refractivity contribution in [3.8, 4) is 35.0 Å². The Hall–Kier alpha value is -3.74. The number of hydrogen-bond donors (Lipinski definition) is 1. The lowest BCUT2D eigenvalue weighted by Gasteiger charge is -2.12. The fourth-order valence-electron chi connectivity index (χ4n) is 2.69. The summed E-state index contributed by atoms with van der Waals surface area (Å²) < 4.78 is 38.7. The molecule has 8 nitrogen and oxygen atoms in total. The van der Waals surface area contributed by atoms with Gasteiger partial charge in [-0.05, 0) is 19.1 Å². The largest absolute Gasteiger partial charge is 0.505 e. The average Bonchev–Trinajstić information content (AvgIpc) is 3.05. The number of aromatic nitrogens is 4. The summed E-state index contributed by atoms with van der Waals surface area (Å²) in [5.74, 6) is -2.71. The second-order valence-corrected chi connectivity index (χ2v) is 6.60. The minimum absolute atomic E-state index is 0.0363. The summed E-state index contributed by atoms with van der Waals surface area (Å²) in [5, 5.41) is 22.7. The maximum atomic E-state index is 13.0. The molecule has 1 fully saturated rings. The van der Waals surface area contributed by atoms with E-state index in [1.807, 2.05) is 6.07 Å². The SMILES string of the molecule is Cc1nc(OCC2CC2(F)F)cc(Oc2cc(C#N)ccc2-n2cc(O)cn2)n1. The van der Waals surface area contributed by atoms with Crippen LogP contribution in [-0.2, 0) is 0 Å². The number of benzene rings is 1. The van der Waals surface area contributed by atoms with Crippen molar-refractivity contribution in [2.75, 3.05) is 6.61 Å². The minimum Gasteiger partial charge on any atom is -0.505 e. The van der Waals surface area contributed by atoms with Crippen LogP contribution in [0.1, 0.15) is 17.8 Å². The molecule has 148 valence electrons. The van der Waals surface area contributed by atoms with E-state index in [1.165, 1.54) is 29.2 Å². The van der Waals surface area contributed by atoms with Gasteiger partial charge in [0, 0.05) is 12.5 Å². The summed E-state index contributed by atoms with van der Waals surface area (Å²) >= 11 is 0. The van der Waals surface area contributed by atoms with E-state index in [0.717, 1.165) is 0 Å². The van der Waals surface area contributed by atoms with Crippen LogP contribution in [0.5, 0.6) is 23.3 Å². The fourth-order valence-corrected chi connectivity index (χ4v) is 2.69. The highest BCUT2D eigenvalue weighted by Gasteiger charge is 2.57. The molecule has 1 aliphatic rings. The highest BCUT2D eigenvalue weighted by molar-refractivity contribution is 5.52. The monoisotopic (exact) mass is 399 g/mol. The van der Waals surface area contributed by atoms with Crippen molar-refractivity contribution in [1.82, 2.24) is 19.7 Å². The molecule has 4 rings (SSSR count). The van der Waals surface area contributed by atoms with Crippen LogP contribution in [0, 0.1) is 24.2 Å². The Kier molecular flexibility index (Phi) is 4.50. The third-order valence-corrected chi connectivity index (χ3v) is 4.30. The predicted octanol–water partition coefficient (Wildman–Crippen LogP) is 3.37. The average molecular weight is 399 g/mol. The normalized spacial score (nSPS) is 16.8. The second-order valence-electron chi connectivity index (χ2n) is 6.60. The summed E-state index contributed by atoms with van der Waals surface area (Å²) in [6.07, 6.45) is 2.45. The Morgan fingerprint density at radius 3 is 2.72 bits per heavy atom. The first-order chi connectivity index (χ1) is 13.8. The molecule has 1 aromatic carbocycles. The molecule has 2 heterocycles. The molecule has 1 aliphatic carbocycles. The standard InChI is InChI=1S/C19H15F2N5O3/c1-11-24-17(28-10-13-6-19(13,20)21)5-18(25-11)29-16-4-12(7-22)2-3-15(16)26-9-14(27)8-23-26/h2-5,8-9,13,27H,6,10H2,1H3. The Morgan fingerprint density at radius 2 is 2.07 bits per heavy atom. The number of ether oxygens (including phenoxy) is 2. The molecular weight excluding hydrogens is 384 g/mol. The Labute approximate surface area is 164 Å². The van der Waals surface area contributed by atoms with Crippen LogP contribution < -0.4 is 9.47 Å². The summed E-state index contributed by atoms with van der Waals surface area (Å²) in [6, 6.07) is 8.09. The Bertz CT molecular complexity index is 1110. The zero-order valence-corrected chi connectivity index (χ0v) is 15.2. The van der Waals surface area contributed by atoms with Gasteiger partial charge in [-0.15, -0.1) is 0 Å². The van der Waals surface area contributed by atoms with Crippen LogP contribution in [0.2, 0.25) is 0 Å². The highest BCUT2D eigenvalue weighted by Crippen LogP contribution is 2.48. The lowest BCUT2D eigenvalue weighted by molar-refractivity contribution is 0.0849. The van der Waals surface area contributed by atoms with Gasteiger partial charge in [0.15, 0.2) is 11.5 Å². The van der Waals surface area contributed by atoms with Crippen molar-refractivity contribution in [3.05, 3.63) is 48.0 Å². The van der Waals surface area contributed by atoms with Crippen molar-refractivity contribution in [2.45, 2.75) is 19.3 Å². The van der Waals surface area contributed by atoms with Crippen LogP contribution >= 0.6 is 0 Å². The second kappa shape index (κ2) is 7.01. The molecule has 2 aromatic heterocycles. The van der Waals surface area contributed by atoms with Crippen LogP contribution in [0.15, 0.2) is 36.7 Å². The first-order valence-electron chi connectivity index (χ1n) is 8.66. The summed E-state index contributed by atoms with van der Waals surface area (Å²) in [6.45, 7) is 1.47. The van der Waals surface area contributed by atoms with Crippen molar-refractivity contribution in [2.24, 2.45) is 5.92 Å². The van der Waals surface area contributed by atoms with Gasteiger partial charge in [0.2, 0.25) is 11.8 Å². The molecule has 1 unspecified atom stereocenters. The molecule has 0 bridgehead atoms. The lowest BCUT2D eigenvalue weighted by atomic mass is 10.2. The Balaban J connectivity index is 1.61. The molecule has 10 heteroatoms. The molecule has 3 aromatic rings. The molecule has 1 atom stereocenters. The maximum absolute atomic E-state index is 13.0. The van der Waals surface area contributed by atoms with Crippen molar-refractivity contribution in [3.63, 3.8) is 0 Å². The molecule has 29 heavy (non-hydrogen) atoms. The van der Waals surface area contributed by atoms with E-state index < -0.39 is 11.8 Å². The highest BCUT2D eigenvalue weighted by atomic mass is 19.3. The molecule has 0 aliphatic heterocycles. The summed E-state index contributed by atoms with van der Waals surface area (Å²) in [7, 11) is 0. The fraction of sp³-hybridized carbons (Fsp3) is 0.263. The number of aryl methyl sites for hydroxylation is 1. The lowest BCUT2D eigenvalue weighted by Crippen LogP contribution is -2.07. The van der Waals surface area contributed by atoms with Crippen molar-refractivity contribution < 1.29 is 23.4 Å². The molecular formula is C19H15F2N5O3. The van der Waals surface area contributed by atoms with E-state index in [9.17, 15) is 19.1 Å². The third-order valence-electron chi connectivity index (χ3n) is 4.30. The third kappa shape index (κ3) is 4.08. The topological polar surface area (TPSA) is 106 Å². The van der Waals surface area contributed by atoms with Gasteiger partial charge >= 0.3 is 0 Å². The van der Waals surface area contributed by atoms with Gasteiger partial charge in [0.05, 0.1) is 42.6 Å². The van der Waals surface area contributed by atoms with E-state index in [0.29, 0.717) is 17.1 Å². The zero-order valence-electron chi connectivity index (χ0n) is 15.2. The van der Waals surface area contributed by atoms with Gasteiger partial charge in [-0.2, -0.15) is 20.3 Å². The maximum Gasteiger partial charge on any atom is 0.255 e. The number of nitrogens with zero attached hydrogens (tertiary/aromatic N) is 5. The molecule has 0 spiro atoms. The molecule has 0 radical (unpaired) electrons. The van der Waals surface area contributed by atoms with Crippen LogP contribution in [-0.4, -0.2) is 37.4 Å². The molecule has 1 N–H and O–H groups in total.